The molecule has 0 radical (unpaired) electrons. The van der Waals surface area contributed by atoms with E-state index in [-0.39, 0.29) is 11.4 Å². The molecule has 0 unspecified atom stereocenters. The first-order valence-corrected chi connectivity index (χ1v) is 8.04. The highest BCUT2D eigenvalue weighted by molar-refractivity contribution is 7.92. The normalized spacial score (nSPS) is 11.8. The molecule has 0 heterocycles. The zero-order valence-corrected chi connectivity index (χ0v) is 12.1. The Hall–Kier alpha value is -1.14. The number of sulfonamides is 1. The molecular formula is C13H21FN2O2S. The Balaban J connectivity index is 2.36. The molecule has 1 aromatic rings. The number of benzene rings is 1. The number of rotatable bonds is 8. The molecule has 6 heteroatoms. The first-order valence-electron chi connectivity index (χ1n) is 6.38. The molecule has 0 aliphatic heterocycles. The van der Waals surface area contributed by atoms with Gasteiger partial charge in [-0.15, -0.1) is 0 Å². The monoisotopic (exact) mass is 288 g/mol. The smallest absolute Gasteiger partial charge is 0.232 e. The maximum absolute atomic E-state index is 12.9. The lowest BCUT2D eigenvalue weighted by Crippen LogP contribution is -2.24. The molecule has 0 fully saturated rings. The van der Waals surface area contributed by atoms with E-state index in [9.17, 15) is 12.8 Å². The molecule has 0 saturated carbocycles. The van der Waals surface area contributed by atoms with Crippen molar-refractivity contribution in [3.63, 3.8) is 0 Å². The molecule has 0 saturated heterocycles. The summed E-state index contributed by atoms with van der Waals surface area (Å²) in [7, 11) is -3.40. The van der Waals surface area contributed by atoms with E-state index in [2.05, 4.69) is 10.0 Å². The van der Waals surface area contributed by atoms with Crippen molar-refractivity contribution in [1.82, 2.24) is 5.32 Å². The molecule has 108 valence electrons. The Morgan fingerprint density at radius 1 is 1.26 bits per heavy atom. The fraction of sp³-hybridized carbons (Fsp3) is 0.538. The summed E-state index contributed by atoms with van der Waals surface area (Å²) >= 11 is 0. The minimum Gasteiger partial charge on any atom is -0.315 e. The van der Waals surface area contributed by atoms with E-state index >= 15 is 0 Å². The van der Waals surface area contributed by atoms with Crippen LogP contribution in [0.1, 0.15) is 26.7 Å². The number of unbranched alkanes of at least 4 members (excludes halogenated alkanes) is 1. The topological polar surface area (TPSA) is 58.2 Å². The van der Waals surface area contributed by atoms with Crippen molar-refractivity contribution in [2.75, 3.05) is 17.0 Å². The van der Waals surface area contributed by atoms with Crippen LogP contribution in [0.4, 0.5) is 10.1 Å². The van der Waals surface area contributed by atoms with Crippen LogP contribution in [0.25, 0.3) is 0 Å². The van der Waals surface area contributed by atoms with E-state index in [1.165, 1.54) is 18.2 Å². The van der Waals surface area contributed by atoms with Gasteiger partial charge in [-0.1, -0.05) is 19.9 Å². The van der Waals surface area contributed by atoms with E-state index in [0.717, 1.165) is 19.0 Å². The average Bonchev–Trinajstić information content (AvgIpc) is 2.27. The van der Waals surface area contributed by atoms with Crippen LogP contribution in [0.2, 0.25) is 0 Å². The van der Waals surface area contributed by atoms with Crippen LogP contribution >= 0.6 is 0 Å². The highest BCUT2D eigenvalue weighted by atomic mass is 32.2. The fourth-order valence-electron chi connectivity index (χ4n) is 1.59. The Morgan fingerprint density at radius 2 is 2.00 bits per heavy atom. The van der Waals surface area contributed by atoms with Gasteiger partial charge in [-0.25, -0.2) is 12.8 Å². The SMILES string of the molecule is CC(C)NCCCCS(=O)(=O)Nc1cccc(F)c1. The molecule has 1 rings (SSSR count). The van der Waals surface area contributed by atoms with Crippen molar-refractivity contribution in [3.05, 3.63) is 30.1 Å². The highest BCUT2D eigenvalue weighted by Gasteiger charge is 2.10. The first-order chi connectivity index (χ1) is 8.89. The second-order valence-electron chi connectivity index (χ2n) is 4.75. The number of halogens is 1. The van der Waals surface area contributed by atoms with Crippen molar-refractivity contribution in [2.24, 2.45) is 0 Å². The van der Waals surface area contributed by atoms with Crippen LogP contribution in [0.15, 0.2) is 24.3 Å². The second-order valence-corrected chi connectivity index (χ2v) is 6.59. The van der Waals surface area contributed by atoms with Gasteiger partial charge in [0.2, 0.25) is 10.0 Å². The minimum absolute atomic E-state index is 0.0449. The second kappa shape index (κ2) is 7.45. The fourth-order valence-corrected chi connectivity index (χ4v) is 2.76. The van der Waals surface area contributed by atoms with Gasteiger partial charge in [-0.3, -0.25) is 4.72 Å². The largest absolute Gasteiger partial charge is 0.315 e. The lowest BCUT2D eigenvalue weighted by Gasteiger charge is -2.09. The van der Waals surface area contributed by atoms with Crippen LogP contribution in [0.5, 0.6) is 0 Å². The molecule has 0 aromatic heterocycles. The van der Waals surface area contributed by atoms with E-state index in [1.54, 1.807) is 0 Å². The molecular weight excluding hydrogens is 267 g/mol. The summed E-state index contributed by atoms with van der Waals surface area (Å²) in [5.41, 5.74) is 0.264. The number of nitrogens with one attached hydrogen (secondary N) is 2. The summed E-state index contributed by atoms with van der Waals surface area (Å²) in [5.74, 6) is -0.412. The summed E-state index contributed by atoms with van der Waals surface area (Å²) in [5, 5.41) is 3.22. The molecule has 0 aliphatic rings. The van der Waals surface area contributed by atoms with Gasteiger partial charge in [0.25, 0.3) is 0 Å². The van der Waals surface area contributed by atoms with Crippen molar-refractivity contribution in [3.8, 4) is 0 Å². The van der Waals surface area contributed by atoms with Gasteiger partial charge < -0.3 is 5.32 Å². The predicted octanol–water partition coefficient (Wildman–Crippen LogP) is 2.35. The van der Waals surface area contributed by atoms with Gasteiger partial charge >= 0.3 is 0 Å². The summed E-state index contributed by atoms with van der Waals surface area (Å²) in [6, 6.07) is 5.84. The van der Waals surface area contributed by atoms with Crippen LogP contribution < -0.4 is 10.0 Å². The summed E-state index contributed by atoms with van der Waals surface area (Å²) in [6.07, 6.45) is 1.37. The lowest BCUT2D eigenvalue weighted by atomic mass is 10.3. The molecule has 19 heavy (non-hydrogen) atoms. The Labute approximate surface area is 114 Å². The third kappa shape index (κ3) is 7.12. The lowest BCUT2D eigenvalue weighted by molar-refractivity contribution is 0.561. The average molecular weight is 288 g/mol. The number of anilines is 1. The molecule has 0 aliphatic carbocycles. The van der Waals surface area contributed by atoms with E-state index in [0.29, 0.717) is 12.5 Å². The molecule has 2 N–H and O–H groups in total. The van der Waals surface area contributed by atoms with E-state index in [4.69, 9.17) is 0 Å². The summed E-state index contributed by atoms with van der Waals surface area (Å²) < 4.78 is 38.8. The zero-order valence-electron chi connectivity index (χ0n) is 11.3. The molecule has 4 nitrogen and oxygen atoms in total. The maximum Gasteiger partial charge on any atom is 0.232 e. The van der Waals surface area contributed by atoms with Crippen LogP contribution in [-0.4, -0.2) is 26.8 Å². The molecule has 0 bridgehead atoms. The quantitative estimate of drug-likeness (QED) is 0.722. The zero-order chi connectivity index (χ0) is 14.3. The van der Waals surface area contributed by atoms with Crippen LogP contribution in [0, 0.1) is 5.82 Å². The van der Waals surface area contributed by atoms with Crippen LogP contribution in [0.3, 0.4) is 0 Å². The molecule has 0 spiro atoms. The standard InChI is InChI=1S/C13H21FN2O2S/c1-11(2)15-8-3-4-9-19(17,18)16-13-7-5-6-12(14)10-13/h5-7,10-11,15-16H,3-4,8-9H2,1-2H3. The van der Waals surface area contributed by atoms with Gasteiger partial charge in [0.05, 0.1) is 11.4 Å². The van der Waals surface area contributed by atoms with Gasteiger partial charge in [0, 0.05) is 6.04 Å². The minimum atomic E-state index is -3.40. The van der Waals surface area contributed by atoms with Crippen molar-refractivity contribution in [1.29, 1.82) is 0 Å². The molecule has 0 amide bonds. The Kier molecular flexibility index (Phi) is 6.24. The number of hydrogen-bond donors (Lipinski definition) is 2. The Bertz CT molecular complexity index is 489. The number of hydrogen-bond acceptors (Lipinski definition) is 3. The van der Waals surface area contributed by atoms with Crippen molar-refractivity contribution >= 4 is 15.7 Å². The third-order valence-electron chi connectivity index (χ3n) is 2.49. The van der Waals surface area contributed by atoms with Gasteiger partial charge in [-0.2, -0.15) is 0 Å². The third-order valence-corrected chi connectivity index (χ3v) is 3.86. The summed E-state index contributed by atoms with van der Waals surface area (Å²) in [4.78, 5) is 0. The molecule has 1 aromatic carbocycles. The molecule has 0 atom stereocenters. The van der Waals surface area contributed by atoms with Crippen molar-refractivity contribution < 1.29 is 12.8 Å². The van der Waals surface area contributed by atoms with Crippen molar-refractivity contribution in [2.45, 2.75) is 32.7 Å². The predicted molar refractivity (Wildman–Crippen MR) is 76.2 cm³/mol. The Morgan fingerprint density at radius 3 is 2.63 bits per heavy atom. The summed E-state index contributed by atoms with van der Waals surface area (Å²) in [6.45, 7) is 4.89. The van der Waals surface area contributed by atoms with Gasteiger partial charge in [0.15, 0.2) is 0 Å². The van der Waals surface area contributed by atoms with E-state index in [1.807, 2.05) is 13.8 Å². The van der Waals surface area contributed by atoms with Crippen LogP contribution in [-0.2, 0) is 10.0 Å². The maximum atomic E-state index is 12.9. The first kappa shape index (κ1) is 15.9. The highest BCUT2D eigenvalue weighted by Crippen LogP contribution is 2.11. The van der Waals surface area contributed by atoms with E-state index < -0.39 is 15.8 Å². The van der Waals surface area contributed by atoms with Gasteiger partial charge in [0.1, 0.15) is 5.82 Å². The van der Waals surface area contributed by atoms with Gasteiger partial charge in [-0.05, 0) is 37.6 Å².